The number of hydrogen-bond acceptors (Lipinski definition) is 2. The minimum atomic E-state index is -0.116. The molecule has 0 heterocycles. The van der Waals surface area contributed by atoms with Gasteiger partial charge in [0, 0.05) is 5.69 Å². The van der Waals surface area contributed by atoms with Gasteiger partial charge in [0.25, 0.3) is 0 Å². The van der Waals surface area contributed by atoms with Gasteiger partial charge in [0.2, 0.25) is 5.91 Å². The lowest BCUT2D eigenvalue weighted by molar-refractivity contribution is -0.117. The molecule has 16 heavy (non-hydrogen) atoms. The van der Waals surface area contributed by atoms with Crippen LogP contribution >= 0.6 is 0 Å². The first-order chi connectivity index (χ1) is 7.70. The Balaban J connectivity index is 2.26. The van der Waals surface area contributed by atoms with E-state index in [1.165, 1.54) is 17.2 Å². The van der Waals surface area contributed by atoms with Gasteiger partial charge in [-0.25, -0.2) is 0 Å². The number of nitrogens with one attached hydrogen (secondary N) is 1. The topological polar surface area (TPSA) is 55.1 Å². The van der Waals surface area contributed by atoms with Crippen LogP contribution in [0.5, 0.6) is 0 Å². The number of nitrogen functional groups attached to an aromatic ring is 1. The molecule has 0 aromatic heterocycles. The zero-order valence-electron chi connectivity index (χ0n) is 9.20. The number of amides is 1. The van der Waals surface area contributed by atoms with Crippen molar-refractivity contribution in [2.24, 2.45) is 0 Å². The maximum Gasteiger partial charge on any atom is 0.243 e. The number of nitrogens with two attached hydrogens (primary N) is 1. The molecule has 3 heteroatoms. The van der Waals surface area contributed by atoms with Crippen LogP contribution in [0.4, 0.5) is 5.69 Å². The molecule has 1 aliphatic rings. The molecule has 3 N–H and O–H groups in total. The largest absolute Gasteiger partial charge is 0.399 e. The van der Waals surface area contributed by atoms with Gasteiger partial charge in [-0.2, -0.15) is 0 Å². The van der Waals surface area contributed by atoms with Gasteiger partial charge in [0.15, 0.2) is 0 Å². The molecule has 0 saturated carbocycles. The molecule has 0 fully saturated rings. The fourth-order valence-electron chi connectivity index (χ4n) is 2.21. The van der Waals surface area contributed by atoms with E-state index < -0.39 is 0 Å². The fourth-order valence-corrected chi connectivity index (χ4v) is 2.21. The molecule has 1 amide bonds. The third kappa shape index (κ3) is 2.08. The van der Waals surface area contributed by atoms with Crippen molar-refractivity contribution >= 4 is 11.6 Å². The predicted octanol–water partition coefficient (Wildman–Crippen LogP) is 1.95. The second kappa shape index (κ2) is 4.39. The first-order valence-electron chi connectivity index (χ1n) is 5.52. The lowest BCUT2D eigenvalue weighted by Gasteiger charge is -2.26. The van der Waals surface area contributed by atoms with Crippen LogP contribution < -0.4 is 11.1 Å². The molecular weight excluding hydrogens is 200 g/mol. The van der Waals surface area contributed by atoms with Crippen LogP contribution in [-0.2, 0) is 11.2 Å². The van der Waals surface area contributed by atoms with Crippen molar-refractivity contribution in [3.8, 4) is 0 Å². The van der Waals surface area contributed by atoms with Gasteiger partial charge in [-0.1, -0.05) is 12.6 Å². The van der Waals surface area contributed by atoms with Crippen molar-refractivity contribution in [2.45, 2.75) is 25.3 Å². The zero-order chi connectivity index (χ0) is 11.5. The van der Waals surface area contributed by atoms with Gasteiger partial charge in [0.1, 0.15) is 0 Å². The van der Waals surface area contributed by atoms with E-state index in [-0.39, 0.29) is 11.9 Å². The van der Waals surface area contributed by atoms with E-state index in [1.807, 2.05) is 18.2 Å². The van der Waals surface area contributed by atoms with E-state index in [4.69, 9.17) is 5.73 Å². The van der Waals surface area contributed by atoms with Gasteiger partial charge in [-0.05, 0) is 48.6 Å². The van der Waals surface area contributed by atoms with E-state index in [1.54, 1.807) is 0 Å². The first-order valence-corrected chi connectivity index (χ1v) is 5.52. The number of fused-ring (bicyclic) bond motifs is 1. The summed E-state index contributed by atoms with van der Waals surface area (Å²) in [5.74, 6) is -0.116. The molecule has 0 radical (unpaired) electrons. The average Bonchev–Trinajstić information content (AvgIpc) is 2.28. The molecule has 0 aliphatic heterocycles. The predicted molar refractivity (Wildman–Crippen MR) is 64.9 cm³/mol. The fraction of sp³-hybridized carbons (Fsp3) is 0.308. The maximum atomic E-state index is 11.3. The minimum absolute atomic E-state index is 0.106. The van der Waals surface area contributed by atoms with E-state index in [0.29, 0.717) is 0 Å². The molecule has 84 valence electrons. The second-order valence-electron chi connectivity index (χ2n) is 4.12. The third-order valence-electron chi connectivity index (χ3n) is 2.98. The molecular formula is C13H16N2O. The summed E-state index contributed by atoms with van der Waals surface area (Å²) in [5.41, 5.74) is 8.98. The summed E-state index contributed by atoms with van der Waals surface area (Å²) in [6, 6.07) is 6.01. The van der Waals surface area contributed by atoms with Crippen molar-refractivity contribution in [1.29, 1.82) is 0 Å². The minimum Gasteiger partial charge on any atom is -0.399 e. The van der Waals surface area contributed by atoms with Crippen molar-refractivity contribution in [3.63, 3.8) is 0 Å². The third-order valence-corrected chi connectivity index (χ3v) is 2.98. The van der Waals surface area contributed by atoms with Gasteiger partial charge in [0.05, 0.1) is 6.04 Å². The average molecular weight is 216 g/mol. The van der Waals surface area contributed by atoms with Gasteiger partial charge in [-0.15, -0.1) is 0 Å². The number of carbonyl (C=O) groups is 1. The highest BCUT2D eigenvalue weighted by atomic mass is 16.1. The highest BCUT2D eigenvalue weighted by Crippen LogP contribution is 2.30. The Labute approximate surface area is 95.3 Å². The molecule has 0 bridgehead atoms. The molecule has 1 aromatic carbocycles. The Hall–Kier alpha value is -1.77. The maximum absolute atomic E-state index is 11.3. The Kier molecular flexibility index (Phi) is 2.95. The molecule has 1 unspecified atom stereocenters. The molecule has 3 nitrogen and oxygen atoms in total. The van der Waals surface area contributed by atoms with Crippen LogP contribution in [0, 0.1) is 0 Å². The van der Waals surface area contributed by atoms with Crippen LogP contribution in [0.2, 0.25) is 0 Å². The smallest absolute Gasteiger partial charge is 0.243 e. The Bertz CT molecular complexity index is 426. The Morgan fingerprint density at radius 3 is 3.12 bits per heavy atom. The standard InChI is InChI=1S/C13H16N2O/c1-2-13(16)15-12-5-3-4-9-8-10(14)6-7-11(9)12/h2,6-8,12H,1,3-5,14H2,(H,15,16). The summed E-state index contributed by atoms with van der Waals surface area (Å²) in [6.07, 6.45) is 4.42. The number of aryl methyl sites for hydroxylation is 1. The van der Waals surface area contributed by atoms with Crippen LogP contribution in [0.3, 0.4) is 0 Å². The normalized spacial score (nSPS) is 18.6. The summed E-state index contributed by atoms with van der Waals surface area (Å²) in [7, 11) is 0. The van der Waals surface area contributed by atoms with E-state index in [2.05, 4.69) is 11.9 Å². The summed E-state index contributed by atoms with van der Waals surface area (Å²) in [6.45, 7) is 3.46. The number of anilines is 1. The highest BCUT2D eigenvalue weighted by Gasteiger charge is 2.20. The number of benzene rings is 1. The van der Waals surface area contributed by atoms with E-state index in [9.17, 15) is 4.79 Å². The first kappa shape index (κ1) is 10.7. The van der Waals surface area contributed by atoms with Crippen LogP contribution in [0.25, 0.3) is 0 Å². The molecule has 1 atom stereocenters. The monoisotopic (exact) mass is 216 g/mol. The van der Waals surface area contributed by atoms with Crippen molar-refractivity contribution < 1.29 is 4.79 Å². The van der Waals surface area contributed by atoms with Crippen molar-refractivity contribution in [2.75, 3.05) is 5.73 Å². The number of rotatable bonds is 2. The molecule has 0 saturated heterocycles. The SMILES string of the molecule is C=CC(=O)NC1CCCc2cc(N)ccc21. The highest BCUT2D eigenvalue weighted by molar-refractivity contribution is 5.87. The number of hydrogen-bond donors (Lipinski definition) is 2. The Morgan fingerprint density at radius 2 is 2.38 bits per heavy atom. The molecule has 2 rings (SSSR count). The summed E-state index contributed by atoms with van der Waals surface area (Å²) in [4.78, 5) is 11.3. The lowest BCUT2D eigenvalue weighted by Crippen LogP contribution is -2.29. The summed E-state index contributed by atoms with van der Waals surface area (Å²) in [5, 5.41) is 2.95. The van der Waals surface area contributed by atoms with Gasteiger partial charge >= 0.3 is 0 Å². The van der Waals surface area contributed by atoms with Crippen LogP contribution in [-0.4, -0.2) is 5.91 Å². The van der Waals surface area contributed by atoms with Crippen molar-refractivity contribution in [1.82, 2.24) is 5.32 Å². The van der Waals surface area contributed by atoms with Crippen LogP contribution in [0.15, 0.2) is 30.9 Å². The second-order valence-corrected chi connectivity index (χ2v) is 4.12. The molecule has 1 aliphatic carbocycles. The quantitative estimate of drug-likeness (QED) is 0.586. The van der Waals surface area contributed by atoms with Gasteiger partial charge in [-0.3, -0.25) is 4.79 Å². The summed E-state index contributed by atoms with van der Waals surface area (Å²) >= 11 is 0. The van der Waals surface area contributed by atoms with E-state index in [0.717, 1.165) is 24.9 Å². The summed E-state index contributed by atoms with van der Waals surface area (Å²) < 4.78 is 0. The zero-order valence-corrected chi connectivity index (χ0v) is 9.20. The molecule has 1 aromatic rings. The Morgan fingerprint density at radius 1 is 1.56 bits per heavy atom. The van der Waals surface area contributed by atoms with Crippen molar-refractivity contribution in [3.05, 3.63) is 42.0 Å². The van der Waals surface area contributed by atoms with Gasteiger partial charge < -0.3 is 11.1 Å². The number of carbonyl (C=O) groups excluding carboxylic acids is 1. The lowest BCUT2D eigenvalue weighted by atomic mass is 9.87. The van der Waals surface area contributed by atoms with Crippen LogP contribution in [0.1, 0.15) is 30.0 Å². The molecule has 0 spiro atoms. The van der Waals surface area contributed by atoms with E-state index >= 15 is 0 Å².